The third-order valence-electron chi connectivity index (χ3n) is 3.10. The quantitative estimate of drug-likeness (QED) is 0.856. The number of carbonyl (C=O) groups is 1. The topological polar surface area (TPSA) is 41.1 Å². The first kappa shape index (κ1) is 15.2. The van der Waals surface area contributed by atoms with Gasteiger partial charge in [0.2, 0.25) is 5.91 Å². The van der Waals surface area contributed by atoms with Gasteiger partial charge in [0, 0.05) is 12.2 Å². The second kappa shape index (κ2) is 7.55. The van der Waals surface area contributed by atoms with E-state index >= 15 is 0 Å². The van der Waals surface area contributed by atoms with Crippen LogP contribution in [-0.4, -0.2) is 12.5 Å². The zero-order chi connectivity index (χ0) is 15.1. The van der Waals surface area contributed by atoms with E-state index in [1.54, 1.807) is 18.2 Å². The molecule has 110 valence electrons. The van der Waals surface area contributed by atoms with Crippen LogP contribution in [0.1, 0.15) is 18.1 Å². The predicted molar refractivity (Wildman–Crippen MR) is 82.6 cm³/mol. The summed E-state index contributed by atoms with van der Waals surface area (Å²) >= 11 is 0. The lowest BCUT2D eigenvalue weighted by atomic mass is 10.1. The van der Waals surface area contributed by atoms with Crippen molar-refractivity contribution in [3.63, 3.8) is 0 Å². The number of anilines is 1. The minimum absolute atomic E-state index is 0.0319. The summed E-state index contributed by atoms with van der Waals surface area (Å²) in [6.07, 6.45) is 0.0319. The van der Waals surface area contributed by atoms with Crippen molar-refractivity contribution >= 4 is 11.6 Å². The standard InChI is InChI=1S/C17H19FN2O/c1-2-19-12-13-6-5-8-15(10-13)20-17(21)11-14-7-3-4-9-16(14)18/h3-10,19H,2,11-12H2,1H3,(H,20,21). The third-order valence-corrected chi connectivity index (χ3v) is 3.10. The molecule has 2 aromatic carbocycles. The van der Waals surface area contributed by atoms with Crippen molar-refractivity contribution in [2.24, 2.45) is 0 Å². The van der Waals surface area contributed by atoms with Gasteiger partial charge in [0.15, 0.2) is 0 Å². The molecule has 0 aromatic heterocycles. The van der Waals surface area contributed by atoms with E-state index in [4.69, 9.17) is 0 Å². The summed E-state index contributed by atoms with van der Waals surface area (Å²) in [6.45, 7) is 3.69. The Morgan fingerprint density at radius 1 is 1.14 bits per heavy atom. The SMILES string of the molecule is CCNCc1cccc(NC(=O)Cc2ccccc2F)c1. The number of rotatable bonds is 6. The molecule has 4 heteroatoms. The van der Waals surface area contributed by atoms with Gasteiger partial charge in [-0.15, -0.1) is 0 Å². The summed E-state index contributed by atoms with van der Waals surface area (Å²) in [4.78, 5) is 12.0. The van der Waals surface area contributed by atoms with E-state index in [0.717, 1.165) is 24.3 Å². The van der Waals surface area contributed by atoms with Crippen molar-refractivity contribution < 1.29 is 9.18 Å². The van der Waals surface area contributed by atoms with E-state index < -0.39 is 0 Å². The van der Waals surface area contributed by atoms with Gasteiger partial charge in [0.1, 0.15) is 5.82 Å². The smallest absolute Gasteiger partial charge is 0.228 e. The van der Waals surface area contributed by atoms with E-state index in [0.29, 0.717) is 5.56 Å². The van der Waals surface area contributed by atoms with E-state index in [1.807, 2.05) is 31.2 Å². The Bertz CT molecular complexity index is 613. The Labute approximate surface area is 124 Å². The maximum atomic E-state index is 13.5. The van der Waals surface area contributed by atoms with Crippen LogP contribution in [0, 0.1) is 5.82 Å². The summed E-state index contributed by atoms with van der Waals surface area (Å²) in [5.41, 5.74) is 2.23. The average molecular weight is 286 g/mol. The zero-order valence-electron chi connectivity index (χ0n) is 12.0. The lowest BCUT2D eigenvalue weighted by Crippen LogP contribution is -2.16. The zero-order valence-corrected chi connectivity index (χ0v) is 12.0. The van der Waals surface area contributed by atoms with Crippen LogP contribution in [0.25, 0.3) is 0 Å². The molecule has 0 saturated heterocycles. The number of nitrogens with one attached hydrogen (secondary N) is 2. The minimum atomic E-state index is -0.353. The number of amides is 1. The first-order chi connectivity index (χ1) is 10.2. The molecule has 2 N–H and O–H groups in total. The van der Waals surface area contributed by atoms with Gasteiger partial charge in [-0.05, 0) is 35.9 Å². The van der Waals surface area contributed by atoms with Gasteiger partial charge in [0.25, 0.3) is 0 Å². The molecular weight excluding hydrogens is 267 g/mol. The molecule has 0 aliphatic carbocycles. The predicted octanol–water partition coefficient (Wildman–Crippen LogP) is 3.12. The molecule has 0 heterocycles. The first-order valence-electron chi connectivity index (χ1n) is 7.02. The lowest BCUT2D eigenvalue weighted by Gasteiger charge is -2.08. The van der Waals surface area contributed by atoms with Crippen LogP contribution < -0.4 is 10.6 Å². The molecule has 0 saturated carbocycles. The fourth-order valence-electron chi connectivity index (χ4n) is 2.05. The third kappa shape index (κ3) is 4.68. The summed E-state index contributed by atoms with van der Waals surface area (Å²) in [5.74, 6) is -0.575. The van der Waals surface area contributed by atoms with Gasteiger partial charge in [-0.2, -0.15) is 0 Å². The minimum Gasteiger partial charge on any atom is -0.326 e. The molecule has 0 aliphatic rings. The fraction of sp³-hybridized carbons (Fsp3) is 0.235. The molecule has 21 heavy (non-hydrogen) atoms. The van der Waals surface area contributed by atoms with Crippen LogP contribution in [0.15, 0.2) is 48.5 Å². The Kier molecular flexibility index (Phi) is 5.46. The normalized spacial score (nSPS) is 10.4. The van der Waals surface area contributed by atoms with Crippen molar-refractivity contribution in [1.82, 2.24) is 5.32 Å². The maximum absolute atomic E-state index is 13.5. The fourth-order valence-corrected chi connectivity index (χ4v) is 2.05. The van der Waals surface area contributed by atoms with Crippen molar-refractivity contribution in [2.45, 2.75) is 19.9 Å². The van der Waals surface area contributed by atoms with Crippen molar-refractivity contribution in [2.75, 3.05) is 11.9 Å². The molecule has 0 fully saturated rings. The van der Waals surface area contributed by atoms with Gasteiger partial charge < -0.3 is 10.6 Å². The number of benzene rings is 2. The Morgan fingerprint density at radius 2 is 1.95 bits per heavy atom. The van der Waals surface area contributed by atoms with Gasteiger partial charge in [-0.1, -0.05) is 37.3 Å². The van der Waals surface area contributed by atoms with Crippen LogP contribution in [0.2, 0.25) is 0 Å². The highest BCUT2D eigenvalue weighted by Gasteiger charge is 2.08. The largest absolute Gasteiger partial charge is 0.326 e. The van der Waals surface area contributed by atoms with Gasteiger partial charge in [-0.25, -0.2) is 4.39 Å². The Hall–Kier alpha value is -2.20. The molecule has 3 nitrogen and oxygen atoms in total. The lowest BCUT2D eigenvalue weighted by molar-refractivity contribution is -0.115. The van der Waals surface area contributed by atoms with E-state index in [1.165, 1.54) is 6.07 Å². The first-order valence-corrected chi connectivity index (χ1v) is 7.02. The molecule has 2 rings (SSSR count). The molecule has 1 amide bonds. The highest BCUT2D eigenvalue weighted by molar-refractivity contribution is 5.92. The Morgan fingerprint density at radius 3 is 2.71 bits per heavy atom. The van der Waals surface area contributed by atoms with Crippen LogP contribution in [0.3, 0.4) is 0 Å². The molecule has 0 radical (unpaired) electrons. The van der Waals surface area contributed by atoms with Crippen LogP contribution in [-0.2, 0) is 17.8 Å². The van der Waals surface area contributed by atoms with E-state index in [9.17, 15) is 9.18 Å². The number of carbonyl (C=O) groups excluding carboxylic acids is 1. The molecule has 0 unspecified atom stereocenters. The molecule has 0 aliphatic heterocycles. The maximum Gasteiger partial charge on any atom is 0.228 e. The van der Waals surface area contributed by atoms with E-state index in [2.05, 4.69) is 10.6 Å². The highest BCUT2D eigenvalue weighted by atomic mass is 19.1. The van der Waals surface area contributed by atoms with E-state index in [-0.39, 0.29) is 18.1 Å². The van der Waals surface area contributed by atoms with Crippen molar-refractivity contribution in [1.29, 1.82) is 0 Å². The number of halogens is 1. The molecule has 0 spiro atoms. The van der Waals surface area contributed by atoms with Gasteiger partial charge >= 0.3 is 0 Å². The molecule has 0 atom stereocenters. The second-order valence-electron chi connectivity index (χ2n) is 4.80. The highest BCUT2D eigenvalue weighted by Crippen LogP contribution is 2.12. The van der Waals surface area contributed by atoms with Gasteiger partial charge in [0.05, 0.1) is 6.42 Å². The monoisotopic (exact) mass is 286 g/mol. The van der Waals surface area contributed by atoms with Crippen LogP contribution >= 0.6 is 0 Å². The summed E-state index contributed by atoms with van der Waals surface area (Å²) < 4.78 is 13.5. The van der Waals surface area contributed by atoms with Crippen LogP contribution in [0.5, 0.6) is 0 Å². The average Bonchev–Trinajstić information content (AvgIpc) is 2.48. The summed E-state index contributed by atoms with van der Waals surface area (Å²) in [7, 11) is 0. The van der Waals surface area contributed by atoms with Crippen LogP contribution in [0.4, 0.5) is 10.1 Å². The summed E-state index contributed by atoms with van der Waals surface area (Å²) in [6, 6.07) is 14.0. The number of hydrogen-bond acceptors (Lipinski definition) is 2. The van der Waals surface area contributed by atoms with Crippen molar-refractivity contribution in [3.8, 4) is 0 Å². The van der Waals surface area contributed by atoms with Gasteiger partial charge in [-0.3, -0.25) is 4.79 Å². The Balaban J connectivity index is 1.98. The molecule has 2 aromatic rings. The second-order valence-corrected chi connectivity index (χ2v) is 4.80. The summed E-state index contributed by atoms with van der Waals surface area (Å²) in [5, 5.41) is 6.03. The number of hydrogen-bond donors (Lipinski definition) is 2. The van der Waals surface area contributed by atoms with Crippen molar-refractivity contribution in [3.05, 3.63) is 65.5 Å². The molecular formula is C17H19FN2O. The molecule has 0 bridgehead atoms.